The van der Waals surface area contributed by atoms with E-state index in [4.69, 9.17) is 9.15 Å². The summed E-state index contributed by atoms with van der Waals surface area (Å²) in [5.41, 5.74) is 4.47. The first-order chi connectivity index (χ1) is 18.1. The molecule has 0 spiro atoms. The number of ether oxygens (including phenoxy) is 1. The van der Waals surface area contributed by atoms with Gasteiger partial charge in [0.05, 0.1) is 24.7 Å². The summed E-state index contributed by atoms with van der Waals surface area (Å²) in [5, 5.41) is 3.54. The van der Waals surface area contributed by atoms with E-state index in [1.54, 1.807) is 36.5 Å². The number of methoxy groups -OCH3 is 1. The second kappa shape index (κ2) is 9.47. The van der Waals surface area contributed by atoms with Crippen LogP contribution in [0.25, 0.3) is 0 Å². The topological polar surface area (TPSA) is 71.8 Å². The molecule has 0 unspecified atom stereocenters. The van der Waals surface area contributed by atoms with Gasteiger partial charge in [-0.05, 0) is 66.4 Å². The molecule has 2 atom stereocenters. The van der Waals surface area contributed by atoms with Crippen molar-refractivity contribution in [1.29, 1.82) is 0 Å². The number of para-hydroxylation sites is 2. The molecule has 184 valence electrons. The van der Waals surface area contributed by atoms with Gasteiger partial charge >= 0.3 is 0 Å². The van der Waals surface area contributed by atoms with E-state index in [-0.39, 0.29) is 17.6 Å². The predicted octanol–water partition coefficient (Wildman–Crippen LogP) is 6.50. The predicted molar refractivity (Wildman–Crippen MR) is 142 cm³/mol. The van der Waals surface area contributed by atoms with Gasteiger partial charge < -0.3 is 14.5 Å². The lowest BCUT2D eigenvalue weighted by Gasteiger charge is -2.33. The molecule has 3 aromatic carbocycles. The van der Waals surface area contributed by atoms with Crippen molar-refractivity contribution in [3.8, 4) is 5.75 Å². The molecular formula is C31H26N2O4. The zero-order chi connectivity index (χ0) is 25.4. The number of hydrogen-bond acceptors (Lipinski definition) is 5. The van der Waals surface area contributed by atoms with Crippen LogP contribution in [0.1, 0.15) is 46.5 Å². The number of anilines is 2. The number of fused-ring (bicyclic) bond motifs is 1. The van der Waals surface area contributed by atoms with Crippen LogP contribution in [0.5, 0.6) is 5.75 Å². The molecule has 6 nitrogen and oxygen atoms in total. The molecule has 4 aromatic rings. The standard InChI is InChI=1S/C31H26N2O4/c1-36-23-15-13-20(14-16-23)22-18-25-29(27(34)19-22)30(28-12-7-17-37-28)33(26-11-6-5-10-24(26)32-25)31(35)21-8-3-2-4-9-21/h2-17,22,30,32H,18-19H2,1H3/t22-,30-/m1/s1. The molecule has 0 saturated heterocycles. The van der Waals surface area contributed by atoms with Gasteiger partial charge in [-0.3, -0.25) is 14.5 Å². The van der Waals surface area contributed by atoms with Crippen LogP contribution in [0.4, 0.5) is 11.4 Å². The molecule has 6 heteroatoms. The summed E-state index contributed by atoms with van der Waals surface area (Å²) >= 11 is 0. The maximum absolute atomic E-state index is 14.1. The monoisotopic (exact) mass is 490 g/mol. The maximum atomic E-state index is 14.1. The van der Waals surface area contributed by atoms with Crippen molar-refractivity contribution in [2.24, 2.45) is 0 Å². The van der Waals surface area contributed by atoms with Crippen molar-refractivity contribution in [3.05, 3.63) is 125 Å². The second-order valence-electron chi connectivity index (χ2n) is 9.30. The Kier molecular flexibility index (Phi) is 5.85. The summed E-state index contributed by atoms with van der Waals surface area (Å²) in [5.74, 6) is 1.13. The Morgan fingerprint density at radius 2 is 1.68 bits per heavy atom. The molecule has 0 bridgehead atoms. The van der Waals surface area contributed by atoms with Gasteiger partial charge in [0.1, 0.15) is 17.6 Å². The summed E-state index contributed by atoms with van der Waals surface area (Å²) in [6.45, 7) is 0. The largest absolute Gasteiger partial charge is 0.497 e. The average Bonchev–Trinajstić information content (AvgIpc) is 3.43. The Balaban J connectivity index is 1.51. The Bertz CT molecular complexity index is 1470. The van der Waals surface area contributed by atoms with Crippen LogP contribution >= 0.6 is 0 Å². The normalized spacial score (nSPS) is 18.9. The zero-order valence-electron chi connectivity index (χ0n) is 20.4. The molecule has 2 aliphatic rings. The van der Waals surface area contributed by atoms with E-state index in [1.165, 1.54) is 0 Å². The molecule has 1 aliphatic heterocycles. The third-order valence-corrected chi connectivity index (χ3v) is 7.13. The third kappa shape index (κ3) is 4.10. The number of rotatable bonds is 4. The molecule has 0 fully saturated rings. The zero-order valence-corrected chi connectivity index (χ0v) is 20.4. The number of nitrogens with one attached hydrogen (secondary N) is 1. The first-order valence-electron chi connectivity index (χ1n) is 12.3. The number of carbonyl (C=O) groups excluding carboxylic acids is 2. The Hall–Kier alpha value is -4.58. The van der Waals surface area contributed by atoms with Crippen LogP contribution < -0.4 is 15.0 Å². The number of furan rings is 1. The van der Waals surface area contributed by atoms with E-state index in [0.29, 0.717) is 35.4 Å². The van der Waals surface area contributed by atoms with Gasteiger partial charge in [-0.25, -0.2) is 0 Å². The average molecular weight is 491 g/mol. The number of benzene rings is 3. The van der Waals surface area contributed by atoms with Crippen LogP contribution in [0.2, 0.25) is 0 Å². The highest BCUT2D eigenvalue weighted by molar-refractivity contribution is 6.11. The van der Waals surface area contributed by atoms with E-state index in [9.17, 15) is 9.59 Å². The third-order valence-electron chi connectivity index (χ3n) is 7.13. The molecule has 0 radical (unpaired) electrons. The summed E-state index contributed by atoms with van der Waals surface area (Å²) in [6.07, 6.45) is 2.55. The number of hydrogen-bond donors (Lipinski definition) is 1. The molecule has 1 aromatic heterocycles. The van der Waals surface area contributed by atoms with Gasteiger partial charge in [-0.1, -0.05) is 42.5 Å². The lowest BCUT2D eigenvalue weighted by atomic mass is 9.79. The molecule has 2 heterocycles. The van der Waals surface area contributed by atoms with Gasteiger partial charge in [0.15, 0.2) is 5.78 Å². The van der Waals surface area contributed by atoms with Crippen molar-refractivity contribution in [2.75, 3.05) is 17.3 Å². The fourth-order valence-electron chi connectivity index (χ4n) is 5.36. The number of nitrogens with zero attached hydrogens (tertiary/aromatic N) is 1. The van der Waals surface area contributed by atoms with Crippen molar-refractivity contribution < 1.29 is 18.7 Å². The molecule has 1 N–H and O–H groups in total. The number of amides is 1. The van der Waals surface area contributed by atoms with Crippen LogP contribution in [0, 0.1) is 0 Å². The highest BCUT2D eigenvalue weighted by Crippen LogP contribution is 2.48. The summed E-state index contributed by atoms with van der Waals surface area (Å²) < 4.78 is 11.2. The van der Waals surface area contributed by atoms with E-state index in [1.807, 2.05) is 72.8 Å². The minimum atomic E-state index is -0.696. The Labute approximate surface area is 215 Å². The smallest absolute Gasteiger partial charge is 0.259 e. The lowest BCUT2D eigenvalue weighted by molar-refractivity contribution is -0.116. The fraction of sp³-hybridized carbons (Fsp3) is 0.161. The van der Waals surface area contributed by atoms with Crippen LogP contribution in [0.15, 0.2) is 113 Å². The number of allylic oxidation sites excluding steroid dienone is 1. The van der Waals surface area contributed by atoms with Crippen molar-refractivity contribution >= 4 is 23.1 Å². The summed E-state index contributed by atoms with van der Waals surface area (Å²) in [7, 11) is 1.64. The SMILES string of the molecule is COc1ccc([C@H]2CC(=O)C3=C(C2)Nc2ccccc2N(C(=O)c2ccccc2)[C@@H]3c2ccco2)cc1. The highest BCUT2D eigenvalue weighted by Gasteiger charge is 2.43. The van der Waals surface area contributed by atoms with E-state index >= 15 is 0 Å². The van der Waals surface area contributed by atoms with E-state index in [2.05, 4.69) is 5.32 Å². The minimum absolute atomic E-state index is 0.00497. The first kappa shape index (κ1) is 22.9. The van der Waals surface area contributed by atoms with Crippen molar-refractivity contribution in [2.45, 2.75) is 24.8 Å². The Morgan fingerprint density at radius 3 is 2.41 bits per heavy atom. The number of carbonyl (C=O) groups is 2. The van der Waals surface area contributed by atoms with Crippen molar-refractivity contribution in [3.63, 3.8) is 0 Å². The summed E-state index contributed by atoms with van der Waals surface area (Å²) in [4.78, 5) is 29.7. The van der Waals surface area contributed by atoms with Gasteiger partial charge in [0.25, 0.3) is 5.91 Å². The van der Waals surface area contributed by atoms with Crippen LogP contribution in [0.3, 0.4) is 0 Å². The molecule has 1 amide bonds. The second-order valence-corrected chi connectivity index (χ2v) is 9.30. The minimum Gasteiger partial charge on any atom is -0.497 e. The van der Waals surface area contributed by atoms with Gasteiger partial charge in [0.2, 0.25) is 0 Å². The Morgan fingerprint density at radius 1 is 0.919 bits per heavy atom. The van der Waals surface area contributed by atoms with Crippen molar-refractivity contribution in [1.82, 2.24) is 0 Å². The summed E-state index contributed by atoms with van der Waals surface area (Å²) in [6, 6.07) is 27.6. The first-order valence-corrected chi connectivity index (χ1v) is 12.3. The highest BCUT2D eigenvalue weighted by atomic mass is 16.5. The fourth-order valence-corrected chi connectivity index (χ4v) is 5.36. The van der Waals surface area contributed by atoms with Gasteiger partial charge in [-0.15, -0.1) is 0 Å². The lowest BCUT2D eigenvalue weighted by Crippen LogP contribution is -2.38. The van der Waals surface area contributed by atoms with Gasteiger partial charge in [0, 0.05) is 23.3 Å². The quantitative estimate of drug-likeness (QED) is 0.353. The maximum Gasteiger partial charge on any atom is 0.259 e. The molecule has 37 heavy (non-hydrogen) atoms. The molecular weight excluding hydrogens is 464 g/mol. The molecule has 1 aliphatic carbocycles. The van der Waals surface area contributed by atoms with Crippen LogP contribution in [-0.4, -0.2) is 18.8 Å². The number of Topliss-reactive ketones (excluding diaryl/α,β-unsaturated/α-hetero) is 1. The molecule has 6 rings (SSSR count). The van der Waals surface area contributed by atoms with Gasteiger partial charge in [-0.2, -0.15) is 0 Å². The van der Waals surface area contributed by atoms with E-state index < -0.39 is 6.04 Å². The number of ketones is 1. The van der Waals surface area contributed by atoms with E-state index in [0.717, 1.165) is 22.7 Å². The molecule has 0 saturated carbocycles. The van der Waals surface area contributed by atoms with Crippen LogP contribution in [-0.2, 0) is 4.79 Å².